The van der Waals surface area contributed by atoms with Gasteiger partial charge in [0.05, 0.1) is 36.6 Å². The van der Waals surface area contributed by atoms with Crippen molar-refractivity contribution in [2.45, 2.75) is 54.0 Å². The number of thiazole rings is 1. The molecule has 0 bridgehead atoms. The Balaban J connectivity index is 1.25. The average molecular weight is 600 g/mol. The first kappa shape index (κ1) is 29.0. The number of aliphatic hydroxyl groups excluding tert-OH is 1. The van der Waals surface area contributed by atoms with Crippen LogP contribution in [0.15, 0.2) is 120 Å². The van der Waals surface area contributed by atoms with Crippen LogP contribution in [0.1, 0.15) is 16.7 Å². The lowest BCUT2D eigenvalue weighted by atomic mass is 9.99. The molecule has 0 saturated carbocycles. The lowest BCUT2D eigenvalue weighted by Crippen LogP contribution is -2.59. The molecule has 0 aliphatic carbocycles. The number of benzene rings is 4. The first-order valence-corrected chi connectivity index (χ1v) is 15.7. The van der Waals surface area contributed by atoms with Gasteiger partial charge in [-0.2, -0.15) is 0 Å². The summed E-state index contributed by atoms with van der Waals surface area (Å²) in [5.41, 5.74) is 3.44. The molecule has 6 rings (SSSR count). The number of para-hydroxylation sites is 1. The summed E-state index contributed by atoms with van der Waals surface area (Å²) in [7, 11) is 0. The molecule has 42 heavy (non-hydrogen) atoms. The first-order valence-electron chi connectivity index (χ1n) is 14.0. The largest absolute Gasteiger partial charge is 0.387 e. The Hall–Kier alpha value is -3.08. The van der Waals surface area contributed by atoms with E-state index in [0.717, 1.165) is 31.2 Å². The van der Waals surface area contributed by atoms with E-state index in [9.17, 15) is 5.11 Å². The first-order chi connectivity index (χ1) is 20.7. The topological polar surface area (TPSA) is 70.0 Å². The van der Waals surface area contributed by atoms with Crippen LogP contribution in [0.25, 0.3) is 10.2 Å². The van der Waals surface area contributed by atoms with Crippen LogP contribution in [0.3, 0.4) is 0 Å². The Morgan fingerprint density at radius 3 is 1.86 bits per heavy atom. The van der Waals surface area contributed by atoms with Crippen molar-refractivity contribution in [3.05, 3.63) is 132 Å². The molecule has 6 nitrogen and oxygen atoms in total. The number of hydrogen-bond acceptors (Lipinski definition) is 8. The van der Waals surface area contributed by atoms with E-state index in [0.29, 0.717) is 19.8 Å². The zero-order valence-electron chi connectivity index (χ0n) is 23.0. The molecule has 0 amide bonds. The minimum atomic E-state index is -0.961. The number of thioether (sulfide) groups is 1. The zero-order chi connectivity index (χ0) is 28.6. The van der Waals surface area contributed by atoms with Crippen molar-refractivity contribution in [1.82, 2.24) is 4.98 Å². The fourth-order valence-electron chi connectivity index (χ4n) is 4.92. The van der Waals surface area contributed by atoms with Gasteiger partial charge in [-0.05, 0) is 28.8 Å². The highest BCUT2D eigenvalue weighted by Gasteiger charge is 2.47. The number of ether oxygens (including phenoxy) is 4. The van der Waals surface area contributed by atoms with E-state index in [1.165, 1.54) is 11.8 Å². The van der Waals surface area contributed by atoms with Crippen molar-refractivity contribution >= 4 is 33.3 Å². The smallest absolute Gasteiger partial charge is 0.153 e. The number of hydrogen-bond donors (Lipinski definition) is 1. The Morgan fingerprint density at radius 2 is 1.24 bits per heavy atom. The summed E-state index contributed by atoms with van der Waals surface area (Å²) in [6.45, 7) is 1.42. The van der Waals surface area contributed by atoms with Crippen molar-refractivity contribution in [2.24, 2.45) is 0 Å². The molecule has 0 unspecified atom stereocenters. The summed E-state index contributed by atoms with van der Waals surface area (Å²) < 4.78 is 27.6. The highest BCUT2D eigenvalue weighted by atomic mass is 32.2. The van der Waals surface area contributed by atoms with Gasteiger partial charge in [-0.25, -0.2) is 4.98 Å². The number of aromatic nitrogens is 1. The molecule has 2 heterocycles. The molecule has 1 saturated heterocycles. The number of nitrogens with zero attached hydrogens (tertiary/aromatic N) is 1. The SMILES string of the molecule is O[C@H]1[C@@H](OCc2ccccc2)[C@H](OCc2ccccc2)[C@@H](COCc2ccccc2)O[C@@H]1Sc1nc2ccccc2s1. The van der Waals surface area contributed by atoms with Gasteiger partial charge in [-0.1, -0.05) is 115 Å². The molecule has 0 spiro atoms. The zero-order valence-corrected chi connectivity index (χ0v) is 24.7. The van der Waals surface area contributed by atoms with E-state index in [1.54, 1.807) is 11.3 Å². The maximum atomic E-state index is 11.7. The molecule has 8 heteroatoms. The molecule has 216 valence electrons. The number of aliphatic hydroxyl groups is 1. The fraction of sp³-hybridized carbons (Fsp3) is 0.265. The van der Waals surface area contributed by atoms with Crippen molar-refractivity contribution in [3.63, 3.8) is 0 Å². The van der Waals surface area contributed by atoms with Crippen LogP contribution in [-0.2, 0) is 38.8 Å². The number of rotatable bonds is 12. The van der Waals surface area contributed by atoms with Crippen LogP contribution in [0.4, 0.5) is 0 Å². The van der Waals surface area contributed by atoms with E-state index in [1.807, 2.05) is 109 Å². The summed E-state index contributed by atoms with van der Waals surface area (Å²) in [6.07, 6.45) is -2.66. The van der Waals surface area contributed by atoms with Crippen molar-refractivity contribution < 1.29 is 24.1 Å². The van der Waals surface area contributed by atoms with Gasteiger partial charge in [-0.3, -0.25) is 0 Å². The maximum absolute atomic E-state index is 11.7. The molecule has 4 aromatic carbocycles. The molecule has 0 radical (unpaired) electrons. The van der Waals surface area contributed by atoms with Crippen LogP contribution in [-0.4, -0.2) is 46.5 Å². The van der Waals surface area contributed by atoms with Crippen LogP contribution in [0.5, 0.6) is 0 Å². The van der Waals surface area contributed by atoms with Crippen LogP contribution >= 0.6 is 23.1 Å². The summed E-state index contributed by atoms with van der Waals surface area (Å²) in [4.78, 5) is 4.77. The minimum absolute atomic E-state index is 0.281. The second kappa shape index (κ2) is 14.4. The Labute approximate surface area is 254 Å². The third kappa shape index (κ3) is 7.46. The van der Waals surface area contributed by atoms with E-state index >= 15 is 0 Å². The summed E-state index contributed by atoms with van der Waals surface area (Å²) in [5.74, 6) is 0. The number of fused-ring (bicyclic) bond motifs is 1. The third-order valence-corrected chi connectivity index (χ3v) is 9.35. The van der Waals surface area contributed by atoms with Crippen LogP contribution < -0.4 is 0 Å². The molecule has 5 atom stereocenters. The molecular weight excluding hydrogens is 567 g/mol. The quantitative estimate of drug-likeness (QED) is 0.168. The molecule has 5 aromatic rings. The van der Waals surface area contributed by atoms with E-state index in [4.69, 9.17) is 23.9 Å². The highest BCUT2D eigenvalue weighted by molar-refractivity contribution is 8.01. The van der Waals surface area contributed by atoms with Crippen LogP contribution in [0.2, 0.25) is 0 Å². The molecule has 1 aromatic heterocycles. The van der Waals surface area contributed by atoms with Crippen molar-refractivity contribution in [3.8, 4) is 0 Å². The molecule has 1 aliphatic heterocycles. The maximum Gasteiger partial charge on any atom is 0.153 e. The molecule has 1 aliphatic rings. The molecule has 1 N–H and O–H groups in total. The van der Waals surface area contributed by atoms with Gasteiger partial charge in [0.25, 0.3) is 0 Å². The summed E-state index contributed by atoms with van der Waals surface area (Å²) >= 11 is 3.00. The van der Waals surface area contributed by atoms with E-state index < -0.39 is 29.9 Å². The Bertz CT molecular complexity index is 1490. The predicted molar refractivity (Wildman–Crippen MR) is 166 cm³/mol. The van der Waals surface area contributed by atoms with Crippen LogP contribution in [0, 0.1) is 0 Å². The molecule has 1 fully saturated rings. The van der Waals surface area contributed by atoms with Gasteiger partial charge < -0.3 is 24.1 Å². The monoisotopic (exact) mass is 599 g/mol. The minimum Gasteiger partial charge on any atom is -0.387 e. The standard InChI is InChI=1S/C34H33NO5S2/c36-30-32(39-22-26-16-8-3-9-17-26)31(38-21-25-14-6-2-7-15-25)28(23-37-20-24-12-4-1-5-13-24)40-33(30)42-34-35-27-18-10-11-19-29(27)41-34/h1-19,28,30-33,36H,20-23H2/t28-,30+,31-,32-,33-/m1/s1. The van der Waals surface area contributed by atoms with Gasteiger partial charge in [-0.15, -0.1) is 11.3 Å². The summed E-state index contributed by atoms with van der Waals surface area (Å²) in [5, 5.41) is 11.7. The van der Waals surface area contributed by atoms with Gasteiger partial charge in [0, 0.05) is 0 Å². The van der Waals surface area contributed by atoms with E-state index in [2.05, 4.69) is 6.07 Å². The van der Waals surface area contributed by atoms with Gasteiger partial charge in [0.2, 0.25) is 0 Å². The van der Waals surface area contributed by atoms with Crippen molar-refractivity contribution in [1.29, 1.82) is 0 Å². The second-order valence-electron chi connectivity index (χ2n) is 10.1. The predicted octanol–water partition coefficient (Wildman–Crippen LogP) is 6.86. The third-order valence-electron chi connectivity index (χ3n) is 7.07. The van der Waals surface area contributed by atoms with Crippen molar-refractivity contribution in [2.75, 3.05) is 6.61 Å². The second-order valence-corrected chi connectivity index (χ2v) is 12.5. The van der Waals surface area contributed by atoms with E-state index in [-0.39, 0.29) is 6.61 Å². The Kier molecular flexibility index (Phi) is 9.94. The van der Waals surface area contributed by atoms with Gasteiger partial charge in [0.1, 0.15) is 29.9 Å². The highest BCUT2D eigenvalue weighted by Crippen LogP contribution is 2.39. The van der Waals surface area contributed by atoms with Gasteiger partial charge >= 0.3 is 0 Å². The summed E-state index contributed by atoms with van der Waals surface area (Å²) in [6, 6.07) is 38.0. The lowest BCUT2D eigenvalue weighted by Gasteiger charge is -2.44. The Morgan fingerprint density at radius 1 is 0.690 bits per heavy atom. The average Bonchev–Trinajstić information content (AvgIpc) is 3.45. The fourth-order valence-corrected chi connectivity index (χ4v) is 7.21. The normalized spacial score (nSPS) is 22.4. The lowest BCUT2D eigenvalue weighted by molar-refractivity contribution is -0.243. The van der Waals surface area contributed by atoms with Gasteiger partial charge in [0.15, 0.2) is 4.34 Å². The molecular formula is C34H33NO5S2.